The molecule has 2 atom stereocenters. The van der Waals surface area contributed by atoms with Crippen LogP contribution in [0.2, 0.25) is 0 Å². The fourth-order valence-electron chi connectivity index (χ4n) is 4.38. The van der Waals surface area contributed by atoms with Crippen molar-refractivity contribution in [2.45, 2.75) is 31.6 Å². The molecule has 0 bridgehead atoms. The van der Waals surface area contributed by atoms with Gasteiger partial charge in [0.15, 0.2) is 0 Å². The van der Waals surface area contributed by atoms with Crippen molar-refractivity contribution in [2.75, 3.05) is 57.3 Å². The number of piperidine rings is 1. The monoisotopic (exact) mass is 529 g/mol. The van der Waals surface area contributed by atoms with E-state index in [1.807, 2.05) is 6.20 Å². The Balaban J connectivity index is 0.000000271. The van der Waals surface area contributed by atoms with E-state index in [4.69, 9.17) is 19.8 Å². The molecule has 0 aromatic carbocycles. The molecular weight excluding hydrogens is 500 g/mol. The Morgan fingerprint density at radius 3 is 1.86 bits per heavy atom. The number of carbonyl (C=O) groups is 2. The number of aromatic nitrogens is 2. The van der Waals surface area contributed by atoms with Crippen LogP contribution >= 0.6 is 0 Å². The lowest BCUT2D eigenvalue weighted by molar-refractivity contribution is -0.193. The van der Waals surface area contributed by atoms with E-state index in [1.54, 1.807) is 12.4 Å². The summed E-state index contributed by atoms with van der Waals surface area (Å²) in [6, 6.07) is 0. The summed E-state index contributed by atoms with van der Waals surface area (Å²) in [7, 11) is 0. The molecule has 4 rings (SSSR count). The third kappa shape index (κ3) is 9.76. The second-order valence-corrected chi connectivity index (χ2v) is 8.73. The Bertz CT molecular complexity index is 812. The molecule has 15 heteroatoms. The van der Waals surface area contributed by atoms with Gasteiger partial charge in [-0.2, -0.15) is 26.3 Å². The molecule has 204 valence electrons. The third-order valence-corrected chi connectivity index (χ3v) is 6.17. The van der Waals surface area contributed by atoms with Crippen molar-refractivity contribution < 1.29 is 46.1 Å². The quantitative estimate of drug-likeness (QED) is 0.569. The molecular formula is C21H29F6N5O4. The summed E-state index contributed by atoms with van der Waals surface area (Å²) < 4.78 is 63.5. The molecule has 0 aliphatic carbocycles. The smallest absolute Gasteiger partial charge is 0.475 e. The maximum Gasteiger partial charge on any atom is 0.490 e. The average Bonchev–Trinajstić information content (AvgIpc) is 3.47. The van der Waals surface area contributed by atoms with Crippen molar-refractivity contribution in [1.82, 2.24) is 19.8 Å². The van der Waals surface area contributed by atoms with Gasteiger partial charge in [0.1, 0.15) is 5.82 Å². The molecule has 0 saturated carbocycles. The van der Waals surface area contributed by atoms with Crippen LogP contribution in [0.15, 0.2) is 18.6 Å². The molecule has 0 spiro atoms. The molecule has 3 saturated heterocycles. The highest BCUT2D eigenvalue weighted by Crippen LogP contribution is 2.33. The van der Waals surface area contributed by atoms with Crippen LogP contribution in [0, 0.1) is 11.8 Å². The minimum absolute atomic E-state index is 0.814. The molecule has 2 N–H and O–H groups in total. The Kier molecular flexibility index (Phi) is 10.7. The summed E-state index contributed by atoms with van der Waals surface area (Å²) in [5, 5.41) is 14.2. The normalized spacial score (nSPS) is 22.7. The van der Waals surface area contributed by atoms with Gasteiger partial charge in [0.05, 0.1) is 6.20 Å². The van der Waals surface area contributed by atoms with Gasteiger partial charge in [-0.3, -0.25) is 4.98 Å². The first-order valence-electron chi connectivity index (χ1n) is 11.3. The predicted molar refractivity (Wildman–Crippen MR) is 115 cm³/mol. The van der Waals surface area contributed by atoms with Crippen LogP contribution in [0.25, 0.3) is 0 Å². The molecule has 1 aromatic rings. The van der Waals surface area contributed by atoms with E-state index in [2.05, 4.69) is 24.7 Å². The summed E-state index contributed by atoms with van der Waals surface area (Å²) in [4.78, 5) is 34.2. The second-order valence-electron chi connectivity index (χ2n) is 8.73. The highest BCUT2D eigenvalue weighted by atomic mass is 19.4. The standard InChI is InChI=1S/C17H27N5.2C2HF3O2/c1-2-7-20(6-1)9-10-21-8-3-15-13-22(14-16(15)12-21)17-11-18-4-5-19-17;2*3-2(4,5)1(6)7/h4-5,11,15-16H,1-3,6-10,12-14H2;2*(H,6,7)/t15-,16+;;/m1../s1. The summed E-state index contributed by atoms with van der Waals surface area (Å²) in [6.45, 7) is 10.0. The molecule has 3 aliphatic heterocycles. The first-order valence-corrected chi connectivity index (χ1v) is 11.3. The maximum absolute atomic E-state index is 10.6. The lowest BCUT2D eigenvalue weighted by Gasteiger charge is -2.35. The van der Waals surface area contributed by atoms with E-state index in [1.165, 1.54) is 65.1 Å². The van der Waals surface area contributed by atoms with E-state index >= 15 is 0 Å². The third-order valence-electron chi connectivity index (χ3n) is 6.17. The van der Waals surface area contributed by atoms with Crippen molar-refractivity contribution in [3.63, 3.8) is 0 Å². The van der Waals surface area contributed by atoms with Crippen LogP contribution < -0.4 is 4.90 Å². The number of nitrogens with zero attached hydrogens (tertiary/aromatic N) is 5. The molecule has 0 unspecified atom stereocenters. The Morgan fingerprint density at radius 1 is 0.833 bits per heavy atom. The number of alkyl halides is 6. The Labute approximate surface area is 203 Å². The number of halogens is 6. The number of carboxylic acids is 2. The lowest BCUT2D eigenvalue weighted by atomic mass is 9.89. The maximum atomic E-state index is 10.6. The number of carboxylic acid groups (broad SMARTS) is 2. The van der Waals surface area contributed by atoms with Gasteiger partial charge in [0, 0.05) is 45.1 Å². The molecule has 9 nitrogen and oxygen atoms in total. The van der Waals surface area contributed by atoms with Gasteiger partial charge < -0.3 is 24.9 Å². The topological polar surface area (TPSA) is 110 Å². The number of aliphatic carboxylic acids is 2. The average molecular weight is 529 g/mol. The summed E-state index contributed by atoms with van der Waals surface area (Å²) >= 11 is 0. The molecule has 3 fully saturated rings. The Hall–Kier alpha value is -2.68. The number of hydrogen-bond donors (Lipinski definition) is 2. The van der Waals surface area contributed by atoms with Crippen LogP contribution in [0.5, 0.6) is 0 Å². The molecule has 4 heterocycles. The zero-order valence-corrected chi connectivity index (χ0v) is 19.4. The van der Waals surface area contributed by atoms with Crippen LogP contribution in [0.3, 0.4) is 0 Å². The van der Waals surface area contributed by atoms with Gasteiger partial charge in [-0.15, -0.1) is 0 Å². The number of hydrogen-bond acceptors (Lipinski definition) is 7. The predicted octanol–water partition coefficient (Wildman–Crippen LogP) is 2.60. The largest absolute Gasteiger partial charge is 0.490 e. The van der Waals surface area contributed by atoms with Gasteiger partial charge in [-0.1, -0.05) is 0 Å². The van der Waals surface area contributed by atoms with Gasteiger partial charge in [-0.05, 0) is 50.7 Å². The molecule has 0 radical (unpaired) electrons. The van der Waals surface area contributed by atoms with Crippen LogP contribution in [-0.2, 0) is 9.59 Å². The highest BCUT2D eigenvalue weighted by Gasteiger charge is 2.39. The first-order chi connectivity index (χ1) is 16.8. The van der Waals surface area contributed by atoms with E-state index in [0.717, 1.165) is 24.2 Å². The van der Waals surface area contributed by atoms with Crippen molar-refractivity contribution in [3.05, 3.63) is 18.6 Å². The van der Waals surface area contributed by atoms with Crippen LogP contribution in [0.4, 0.5) is 32.2 Å². The zero-order valence-electron chi connectivity index (χ0n) is 19.4. The van der Waals surface area contributed by atoms with E-state index < -0.39 is 24.3 Å². The first kappa shape index (κ1) is 29.5. The van der Waals surface area contributed by atoms with Crippen LogP contribution in [0.1, 0.15) is 19.3 Å². The van der Waals surface area contributed by atoms with E-state index in [9.17, 15) is 26.3 Å². The number of likely N-dealkylation sites (tertiary alicyclic amines) is 2. The Morgan fingerprint density at radius 2 is 1.36 bits per heavy atom. The lowest BCUT2D eigenvalue weighted by Crippen LogP contribution is -2.43. The van der Waals surface area contributed by atoms with Crippen molar-refractivity contribution >= 4 is 17.8 Å². The number of fused-ring (bicyclic) bond motifs is 1. The second kappa shape index (κ2) is 13.0. The summed E-state index contributed by atoms with van der Waals surface area (Å²) in [5.41, 5.74) is 0. The van der Waals surface area contributed by atoms with Gasteiger partial charge in [0.25, 0.3) is 0 Å². The van der Waals surface area contributed by atoms with E-state index in [-0.39, 0.29) is 0 Å². The fourth-order valence-corrected chi connectivity index (χ4v) is 4.38. The summed E-state index contributed by atoms with van der Waals surface area (Å²) in [6.07, 6.45) is -0.550. The van der Waals surface area contributed by atoms with Gasteiger partial charge in [0.2, 0.25) is 0 Å². The highest BCUT2D eigenvalue weighted by molar-refractivity contribution is 5.73. The van der Waals surface area contributed by atoms with Gasteiger partial charge >= 0.3 is 24.3 Å². The minimum Gasteiger partial charge on any atom is -0.475 e. The molecule has 1 aromatic heterocycles. The number of rotatable bonds is 4. The van der Waals surface area contributed by atoms with Crippen LogP contribution in [-0.4, -0.2) is 107 Å². The molecule has 3 aliphatic rings. The number of anilines is 1. The van der Waals surface area contributed by atoms with Crippen molar-refractivity contribution in [2.24, 2.45) is 11.8 Å². The van der Waals surface area contributed by atoms with Crippen molar-refractivity contribution in [3.8, 4) is 0 Å². The SMILES string of the molecule is O=C(O)C(F)(F)F.O=C(O)C(F)(F)F.c1cnc(N2C[C@H]3CCN(CCN4CCCC4)C[C@H]3C2)cn1. The minimum atomic E-state index is -5.08. The van der Waals surface area contributed by atoms with Gasteiger partial charge in [-0.25, -0.2) is 14.6 Å². The molecule has 36 heavy (non-hydrogen) atoms. The fraction of sp³-hybridized carbons (Fsp3) is 0.714. The summed E-state index contributed by atoms with van der Waals surface area (Å²) in [5.74, 6) is -2.79. The zero-order chi connectivity index (χ0) is 26.9. The molecule has 0 amide bonds. The van der Waals surface area contributed by atoms with E-state index in [0.29, 0.717) is 0 Å². The van der Waals surface area contributed by atoms with Crippen molar-refractivity contribution in [1.29, 1.82) is 0 Å².